The van der Waals surface area contributed by atoms with E-state index in [4.69, 9.17) is 15.3 Å². The Balaban J connectivity index is 2.84. The summed E-state index contributed by atoms with van der Waals surface area (Å²) in [6.07, 6.45) is 0.939. The highest BCUT2D eigenvalue weighted by Gasteiger charge is 2.21. The van der Waals surface area contributed by atoms with Gasteiger partial charge in [-0.2, -0.15) is 0 Å². The lowest BCUT2D eigenvalue weighted by atomic mass is 9.85. The molecule has 0 radical (unpaired) electrons. The van der Waals surface area contributed by atoms with Gasteiger partial charge in [-0.1, -0.05) is 39.0 Å². The zero-order chi connectivity index (χ0) is 14.3. The van der Waals surface area contributed by atoms with Gasteiger partial charge in [0.1, 0.15) is 12.4 Å². The topological polar surface area (TPSA) is 56.5 Å². The van der Waals surface area contributed by atoms with Crippen molar-refractivity contribution in [2.24, 2.45) is 11.3 Å². The van der Waals surface area contributed by atoms with Crippen LogP contribution in [0.1, 0.15) is 38.8 Å². The van der Waals surface area contributed by atoms with Crippen LogP contribution in [0.4, 0.5) is 0 Å². The van der Waals surface area contributed by atoms with Gasteiger partial charge in [-0.25, -0.2) is 0 Å². The smallest absolute Gasteiger partial charge is 0.124 e. The number of hydrazine groups is 1. The van der Waals surface area contributed by atoms with E-state index in [1.165, 1.54) is 0 Å². The molecule has 0 heterocycles. The largest absolute Gasteiger partial charge is 0.491 e. The third-order valence-electron chi connectivity index (χ3n) is 2.86. The second kappa shape index (κ2) is 7.48. The van der Waals surface area contributed by atoms with E-state index >= 15 is 0 Å². The summed E-state index contributed by atoms with van der Waals surface area (Å²) in [6.45, 7) is 7.72. The van der Waals surface area contributed by atoms with Crippen LogP contribution in [0.15, 0.2) is 24.3 Å². The molecule has 0 amide bonds. The van der Waals surface area contributed by atoms with E-state index in [2.05, 4.69) is 32.3 Å². The molecule has 1 unspecified atom stereocenters. The average molecular weight is 266 g/mol. The number of benzene rings is 1. The van der Waals surface area contributed by atoms with Crippen molar-refractivity contribution in [3.63, 3.8) is 0 Å². The lowest BCUT2D eigenvalue weighted by molar-refractivity contribution is 0.145. The van der Waals surface area contributed by atoms with Gasteiger partial charge in [0.2, 0.25) is 0 Å². The van der Waals surface area contributed by atoms with Crippen LogP contribution in [0.3, 0.4) is 0 Å². The average Bonchev–Trinajstić information content (AvgIpc) is 2.36. The van der Waals surface area contributed by atoms with Crippen molar-refractivity contribution in [3.8, 4) is 5.75 Å². The first-order valence-corrected chi connectivity index (χ1v) is 6.64. The van der Waals surface area contributed by atoms with Gasteiger partial charge in [0.15, 0.2) is 0 Å². The minimum absolute atomic E-state index is 0.0822. The summed E-state index contributed by atoms with van der Waals surface area (Å²) in [5.74, 6) is 6.57. The zero-order valence-corrected chi connectivity index (χ0v) is 12.4. The van der Waals surface area contributed by atoms with Gasteiger partial charge >= 0.3 is 0 Å². The van der Waals surface area contributed by atoms with Crippen LogP contribution in [-0.2, 0) is 4.74 Å². The van der Waals surface area contributed by atoms with Gasteiger partial charge in [-0.3, -0.25) is 11.3 Å². The number of para-hydroxylation sites is 1. The zero-order valence-electron chi connectivity index (χ0n) is 12.4. The summed E-state index contributed by atoms with van der Waals surface area (Å²) in [5.41, 5.74) is 4.18. The molecule has 0 saturated heterocycles. The highest BCUT2D eigenvalue weighted by atomic mass is 16.5. The fourth-order valence-corrected chi connectivity index (χ4v) is 2.01. The molecule has 4 heteroatoms. The predicted molar refractivity (Wildman–Crippen MR) is 77.9 cm³/mol. The standard InChI is InChI=1S/C15H26N2O2/c1-15(2,3)11-13(17-16)12-7-5-6-8-14(12)19-10-9-18-4/h5-8,13,17H,9-11,16H2,1-4H3. The molecule has 0 saturated carbocycles. The van der Waals surface area contributed by atoms with Crippen LogP contribution in [0.25, 0.3) is 0 Å². The molecule has 0 fully saturated rings. The van der Waals surface area contributed by atoms with E-state index in [-0.39, 0.29) is 11.5 Å². The normalized spacial score (nSPS) is 13.3. The molecule has 3 N–H and O–H groups in total. The first kappa shape index (κ1) is 16.0. The summed E-state index contributed by atoms with van der Waals surface area (Å²) >= 11 is 0. The molecular formula is C15H26N2O2. The Morgan fingerprint density at radius 3 is 2.47 bits per heavy atom. The van der Waals surface area contributed by atoms with Crippen LogP contribution in [0, 0.1) is 5.41 Å². The molecule has 4 nitrogen and oxygen atoms in total. The van der Waals surface area contributed by atoms with E-state index in [0.717, 1.165) is 17.7 Å². The Morgan fingerprint density at radius 1 is 1.21 bits per heavy atom. The molecule has 0 aliphatic rings. The molecule has 0 aromatic heterocycles. The summed E-state index contributed by atoms with van der Waals surface area (Å²) < 4.78 is 10.8. The van der Waals surface area contributed by atoms with Crippen LogP contribution < -0.4 is 16.0 Å². The van der Waals surface area contributed by atoms with Crippen molar-refractivity contribution in [3.05, 3.63) is 29.8 Å². The minimum Gasteiger partial charge on any atom is -0.491 e. The number of hydrogen-bond donors (Lipinski definition) is 2. The molecule has 1 aromatic rings. The van der Waals surface area contributed by atoms with E-state index in [1.807, 2.05) is 18.2 Å². The summed E-state index contributed by atoms with van der Waals surface area (Å²) in [5, 5.41) is 0. The monoisotopic (exact) mass is 266 g/mol. The maximum atomic E-state index is 5.75. The van der Waals surface area contributed by atoms with Crippen molar-refractivity contribution in [2.75, 3.05) is 20.3 Å². The number of nitrogens with two attached hydrogens (primary N) is 1. The molecular weight excluding hydrogens is 240 g/mol. The fourth-order valence-electron chi connectivity index (χ4n) is 2.01. The summed E-state index contributed by atoms with van der Waals surface area (Å²) in [4.78, 5) is 0. The number of rotatable bonds is 7. The van der Waals surface area contributed by atoms with Crippen molar-refractivity contribution in [2.45, 2.75) is 33.2 Å². The Kier molecular flexibility index (Phi) is 6.28. The van der Waals surface area contributed by atoms with Crippen LogP contribution in [-0.4, -0.2) is 20.3 Å². The fraction of sp³-hybridized carbons (Fsp3) is 0.600. The quantitative estimate of drug-likeness (QED) is 0.452. The van der Waals surface area contributed by atoms with Gasteiger partial charge in [-0.05, 0) is 17.9 Å². The highest BCUT2D eigenvalue weighted by Crippen LogP contribution is 2.33. The second-order valence-electron chi connectivity index (χ2n) is 5.86. The van der Waals surface area contributed by atoms with Gasteiger partial charge < -0.3 is 9.47 Å². The molecule has 1 aromatic carbocycles. The minimum atomic E-state index is 0.0822. The Labute approximate surface area is 116 Å². The lowest BCUT2D eigenvalue weighted by Crippen LogP contribution is -2.31. The van der Waals surface area contributed by atoms with Crippen LogP contribution >= 0.6 is 0 Å². The summed E-state index contributed by atoms with van der Waals surface area (Å²) in [6, 6.07) is 8.08. The maximum absolute atomic E-state index is 5.75. The van der Waals surface area contributed by atoms with Gasteiger partial charge in [0.05, 0.1) is 12.6 Å². The number of nitrogens with one attached hydrogen (secondary N) is 1. The van der Waals surface area contributed by atoms with E-state index in [0.29, 0.717) is 13.2 Å². The molecule has 19 heavy (non-hydrogen) atoms. The van der Waals surface area contributed by atoms with Crippen molar-refractivity contribution in [1.82, 2.24) is 5.43 Å². The maximum Gasteiger partial charge on any atom is 0.124 e. The SMILES string of the molecule is COCCOc1ccccc1C(CC(C)(C)C)NN. The van der Waals surface area contributed by atoms with E-state index < -0.39 is 0 Å². The van der Waals surface area contributed by atoms with Crippen molar-refractivity contribution >= 4 is 0 Å². The van der Waals surface area contributed by atoms with E-state index in [1.54, 1.807) is 7.11 Å². The number of hydrogen-bond acceptors (Lipinski definition) is 4. The van der Waals surface area contributed by atoms with Gasteiger partial charge in [-0.15, -0.1) is 0 Å². The molecule has 108 valence electrons. The second-order valence-corrected chi connectivity index (χ2v) is 5.86. The van der Waals surface area contributed by atoms with Crippen molar-refractivity contribution in [1.29, 1.82) is 0 Å². The molecule has 0 spiro atoms. The highest BCUT2D eigenvalue weighted by molar-refractivity contribution is 5.36. The molecule has 0 bridgehead atoms. The first-order chi connectivity index (χ1) is 8.98. The molecule has 0 aliphatic heterocycles. The lowest BCUT2D eigenvalue weighted by Gasteiger charge is -2.27. The molecule has 0 aliphatic carbocycles. The van der Waals surface area contributed by atoms with Crippen molar-refractivity contribution < 1.29 is 9.47 Å². The molecule has 1 atom stereocenters. The van der Waals surface area contributed by atoms with Gasteiger partial charge in [0.25, 0.3) is 0 Å². The Hall–Kier alpha value is -1.10. The predicted octanol–water partition coefficient (Wildman–Crippen LogP) is 2.65. The first-order valence-electron chi connectivity index (χ1n) is 6.64. The van der Waals surface area contributed by atoms with Crippen LogP contribution in [0.5, 0.6) is 5.75 Å². The van der Waals surface area contributed by atoms with E-state index in [9.17, 15) is 0 Å². The van der Waals surface area contributed by atoms with Gasteiger partial charge in [0, 0.05) is 12.7 Å². The van der Waals surface area contributed by atoms with Crippen LogP contribution in [0.2, 0.25) is 0 Å². The Morgan fingerprint density at radius 2 is 1.89 bits per heavy atom. The molecule has 1 rings (SSSR count). The number of methoxy groups -OCH3 is 1. The third-order valence-corrected chi connectivity index (χ3v) is 2.86. The Bertz CT molecular complexity index is 375. The summed E-state index contributed by atoms with van der Waals surface area (Å²) in [7, 11) is 1.67. The number of ether oxygens (including phenoxy) is 2. The third kappa shape index (κ3) is 5.59.